The monoisotopic (exact) mass is 233 g/mol. The molecule has 1 fully saturated rings. The molecule has 0 aliphatic heterocycles. The number of para-hydroxylation sites is 1. The van der Waals surface area contributed by atoms with Gasteiger partial charge in [0.05, 0.1) is 6.04 Å². The fourth-order valence-corrected chi connectivity index (χ4v) is 2.96. The van der Waals surface area contributed by atoms with Crippen molar-refractivity contribution >= 4 is 0 Å². The first kappa shape index (κ1) is 12.1. The van der Waals surface area contributed by atoms with Crippen LogP contribution in [-0.2, 0) is 0 Å². The summed E-state index contributed by atoms with van der Waals surface area (Å²) in [6.45, 7) is 2.09. The van der Waals surface area contributed by atoms with Crippen molar-refractivity contribution in [2.75, 3.05) is 0 Å². The fraction of sp³-hybridized carbons (Fsp3) is 0.571. The standard InChI is InChI=1S/C14H19NO2/c1-10(12-7-3-5-9-14(12)16)11-6-2-4-8-13(11)15-17/h3,5,7,9-11,13,16H,2,4,6,8H2,1H3/t10-,11-,13+/m1/s1. The fourth-order valence-electron chi connectivity index (χ4n) is 2.96. The summed E-state index contributed by atoms with van der Waals surface area (Å²) >= 11 is 0. The number of nitrogens with zero attached hydrogens (tertiary/aromatic N) is 1. The number of aromatic hydroxyl groups is 1. The minimum absolute atomic E-state index is 0.0849. The van der Waals surface area contributed by atoms with Crippen LogP contribution in [0, 0.1) is 10.8 Å². The van der Waals surface area contributed by atoms with E-state index in [0.29, 0.717) is 5.75 Å². The van der Waals surface area contributed by atoms with E-state index >= 15 is 0 Å². The smallest absolute Gasteiger partial charge is 0.119 e. The van der Waals surface area contributed by atoms with Crippen molar-refractivity contribution in [3.05, 3.63) is 34.7 Å². The van der Waals surface area contributed by atoms with Crippen LogP contribution in [0.1, 0.15) is 44.1 Å². The van der Waals surface area contributed by atoms with Crippen molar-refractivity contribution in [1.82, 2.24) is 0 Å². The molecule has 0 saturated heterocycles. The van der Waals surface area contributed by atoms with Crippen molar-refractivity contribution in [3.63, 3.8) is 0 Å². The molecule has 1 aromatic rings. The molecule has 1 saturated carbocycles. The van der Waals surface area contributed by atoms with Gasteiger partial charge in [-0.1, -0.05) is 43.1 Å². The third-order valence-electron chi connectivity index (χ3n) is 3.99. The summed E-state index contributed by atoms with van der Waals surface area (Å²) in [5, 5.41) is 13.1. The van der Waals surface area contributed by atoms with Crippen molar-refractivity contribution < 1.29 is 5.11 Å². The predicted molar refractivity (Wildman–Crippen MR) is 68.1 cm³/mol. The van der Waals surface area contributed by atoms with Crippen molar-refractivity contribution in [2.45, 2.75) is 44.6 Å². The molecular weight excluding hydrogens is 214 g/mol. The predicted octanol–water partition coefficient (Wildman–Crippen LogP) is 3.82. The summed E-state index contributed by atoms with van der Waals surface area (Å²) in [7, 11) is 0. The van der Waals surface area contributed by atoms with E-state index in [1.165, 1.54) is 0 Å². The summed E-state index contributed by atoms with van der Waals surface area (Å²) < 4.78 is 0. The second-order valence-electron chi connectivity index (χ2n) is 4.97. The maximum Gasteiger partial charge on any atom is 0.119 e. The van der Waals surface area contributed by atoms with Gasteiger partial charge in [0.15, 0.2) is 0 Å². The Bertz CT molecular complexity index is 392. The van der Waals surface area contributed by atoms with E-state index in [2.05, 4.69) is 12.1 Å². The van der Waals surface area contributed by atoms with Gasteiger partial charge in [0.1, 0.15) is 5.75 Å². The molecular formula is C14H19NO2. The van der Waals surface area contributed by atoms with Crippen LogP contribution in [0.3, 0.4) is 0 Å². The molecule has 17 heavy (non-hydrogen) atoms. The Morgan fingerprint density at radius 1 is 1.29 bits per heavy atom. The largest absolute Gasteiger partial charge is 0.508 e. The van der Waals surface area contributed by atoms with Crippen LogP contribution in [-0.4, -0.2) is 11.1 Å². The minimum atomic E-state index is -0.0849. The maximum atomic E-state index is 10.9. The molecule has 0 radical (unpaired) electrons. The molecule has 0 heterocycles. The molecule has 1 aliphatic rings. The summed E-state index contributed by atoms with van der Waals surface area (Å²) in [4.78, 5) is 10.9. The van der Waals surface area contributed by atoms with Gasteiger partial charge in [-0.3, -0.25) is 0 Å². The summed E-state index contributed by atoms with van der Waals surface area (Å²) in [6.07, 6.45) is 4.19. The number of phenolic OH excluding ortho intramolecular Hbond substituents is 1. The van der Waals surface area contributed by atoms with Gasteiger partial charge < -0.3 is 5.11 Å². The molecule has 0 spiro atoms. The van der Waals surface area contributed by atoms with Crippen LogP contribution in [0.25, 0.3) is 0 Å². The Balaban J connectivity index is 2.21. The summed E-state index contributed by atoms with van der Waals surface area (Å²) in [5.41, 5.74) is 0.938. The highest BCUT2D eigenvalue weighted by Crippen LogP contribution is 2.40. The summed E-state index contributed by atoms with van der Waals surface area (Å²) in [5.74, 6) is 0.795. The second-order valence-corrected chi connectivity index (χ2v) is 4.97. The van der Waals surface area contributed by atoms with Crippen LogP contribution in [0.2, 0.25) is 0 Å². The molecule has 3 heteroatoms. The minimum Gasteiger partial charge on any atom is -0.508 e. The Hall–Kier alpha value is -1.38. The second kappa shape index (κ2) is 5.30. The van der Waals surface area contributed by atoms with Crippen LogP contribution >= 0.6 is 0 Å². The maximum absolute atomic E-state index is 10.9. The first-order chi connectivity index (χ1) is 8.24. The lowest BCUT2D eigenvalue weighted by molar-refractivity contribution is 0.269. The molecule has 1 aromatic carbocycles. The molecule has 1 aliphatic carbocycles. The number of hydrogen-bond donors (Lipinski definition) is 1. The van der Waals surface area contributed by atoms with Gasteiger partial charge in [-0.2, -0.15) is 4.91 Å². The van der Waals surface area contributed by atoms with E-state index < -0.39 is 0 Å². The molecule has 0 aromatic heterocycles. The van der Waals surface area contributed by atoms with E-state index in [-0.39, 0.29) is 17.9 Å². The van der Waals surface area contributed by atoms with Gasteiger partial charge in [-0.25, -0.2) is 0 Å². The van der Waals surface area contributed by atoms with Gasteiger partial charge in [0.25, 0.3) is 0 Å². The molecule has 3 nitrogen and oxygen atoms in total. The molecule has 1 N–H and O–H groups in total. The number of rotatable bonds is 3. The molecule has 0 amide bonds. The molecule has 0 bridgehead atoms. The highest BCUT2D eigenvalue weighted by molar-refractivity contribution is 5.35. The van der Waals surface area contributed by atoms with Gasteiger partial charge in [-0.15, -0.1) is 0 Å². The zero-order valence-corrected chi connectivity index (χ0v) is 10.2. The lowest BCUT2D eigenvalue weighted by Gasteiger charge is -2.31. The Morgan fingerprint density at radius 2 is 2.00 bits per heavy atom. The summed E-state index contributed by atoms with van der Waals surface area (Å²) in [6, 6.07) is 7.31. The molecule has 3 atom stereocenters. The average Bonchev–Trinajstić information content (AvgIpc) is 2.38. The van der Waals surface area contributed by atoms with E-state index in [4.69, 9.17) is 0 Å². The van der Waals surface area contributed by atoms with Crippen LogP contribution in [0.4, 0.5) is 0 Å². The normalized spacial score (nSPS) is 26.4. The Morgan fingerprint density at radius 3 is 2.71 bits per heavy atom. The topological polar surface area (TPSA) is 49.7 Å². The highest BCUT2D eigenvalue weighted by atomic mass is 16.3. The Kier molecular flexibility index (Phi) is 3.77. The molecule has 92 valence electrons. The third-order valence-corrected chi connectivity index (χ3v) is 3.99. The number of hydrogen-bond acceptors (Lipinski definition) is 3. The lowest BCUT2D eigenvalue weighted by Crippen LogP contribution is -2.27. The van der Waals surface area contributed by atoms with Gasteiger partial charge in [0.2, 0.25) is 0 Å². The van der Waals surface area contributed by atoms with Gasteiger partial charge >= 0.3 is 0 Å². The van der Waals surface area contributed by atoms with E-state index in [0.717, 1.165) is 31.2 Å². The Labute approximate surface area is 102 Å². The SMILES string of the molecule is C[C@@H](c1ccccc1O)[C@H]1CCCC[C@@H]1N=O. The van der Waals surface area contributed by atoms with E-state index in [9.17, 15) is 10.0 Å². The first-order valence-electron chi connectivity index (χ1n) is 6.34. The number of phenols is 1. The zero-order valence-electron chi connectivity index (χ0n) is 10.2. The molecule has 0 unspecified atom stereocenters. The quantitative estimate of drug-likeness (QED) is 0.807. The van der Waals surface area contributed by atoms with Crippen molar-refractivity contribution in [3.8, 4) is 5.75 Å². The van der Waals surface area contributed by atoms with Crippen molar-refractivity contribution in [2.24, 2.45) is 11.1 Å². The van der Waals surface area contributed by atoms with Crippen molar-refractivity contribution in [1.29, 1.82) is 0 Å². The number of nitroso groups, excluding NO2 is 1. The first-order valence-corrected chi connectivity index (χ1v) is 6.34. The van der Waals surface area contributed by atoms with Crippen LogP contribution in [0.5, 0.6) is 5.75 Å². The third kappa shape index (κ3) is 2.48. The highest BCUT2D eigenvalue weighted by Gasteiger charge is 2.32. The van der Waals surface area contributed by atoms with Gasteiger partial charge in [-0.05, 0) is 36.3 Å². The van der Waals surface area contributed by atoms with Gasteiger partial charge in [0, 0.05) is 0 Å². The van der Waals surface area contributed by atoms with Crippen LogP contribution in [0.15, 0.2) is 29.4 Å². The van der Waals surface area contributed by atoms with E-state index in [1.807, 2.05) is 18.2 Å². The van der Waals surface area contributed by atoms with Crippen LogP contribution < -0.4 is 0 Å². The van der Waals surface area contributed by atoms with E-state index in [1.54, 1.807) is 6.07 Å². The lowest BCUT2D eigenvalue weighted by atomic mass is 9.75. The molecule has 2 rings (SSSR count). The number of benzene rings is 1. The average molecular weight is 233 g/mol. The zero-order chi connectivity index (χ0) is 12.3.